The third kappa shape index (κ3) is 5.33. The minimum absolute atomic E-state index is 0. The number of methoxy groups -OCH3 is 1. The second-order valence-electron chi connectivity index (χ2n) is 6.23. The van der Waals surface area contributed by atoms with Crippen LogP contribution in [0.3, 0.4) is 0 Å². The molecule has 1 aliphatic heterocycles. The first kappa shape index (κ1) is 21.9. The van der Waals surface area contributed by atoms with Crippen molar-refractivity contribution in [2.24, 2.45) is 12.0 Å². The summed E-state index contributed by atoms with van der Waals surface area (Å²) >= 11 is 0. The van der Waals surface area contributed by atoms with E-state index in [1.165, 1.54) is 0 Å². The maximum atomic E-state index is 12.5. The summed E-state index contributed by atoms with van der Waals surface area (Å²) in [6.07, 6.45) is 4.29. The Bertz CT molecular complexity index is 824. The Kier molecular flexibility index (Phi) is 8.03. The highest BCUT2D eigenvalue weighted by Crippen LogP contribution is 2.16. The van der Waals surface area contributed by atoms with Crippen molar-refractivity contribution in [3.05, 3.63) is 36.3 Å². The molecule has 152 valence electrons. The van der Waals surface area contributed by atoms with E-state index in [1.54, 1.807) is 29.9 Å². The fraction of sp³-hybridized carbons (Fsp3) is 0.444. The standard InChI is InChI=1S/C18H25N7O2.HI/c1-19-18(20-8-7-14-5-4-6-16(22-14)27-3)24-9-10-25(17(26)13-24)15-11-21-23(2)12-15;/h4-6,11-12H,7-10,13H2,1-3H3,(H,19,20);1H. The Balaban J connectivity index is 0.00000280. The van der Waals surface area contributed by atoms with Gasteiger partial charge in [-0.15, -0.1) is 24.0 Å². The molecule has 2 aromatic heterocycles. The number of rotatable bonds is 5. The topological polar surface area (TPSA) is 87.9 Å². The molecule has 0 unspecified atom stereocenters. The molecule has 3 heterocycles. The van der Waals surface area contributed by atoms with Gasteiger partial charge in [0.25, 0.3) is 0 Å². The molecule has 0 saturated carbocycles. The lowest BCUT2D eigenvalue weighted by atomic mass is 10.2. The Labute approximate surface area is 181 Å². The van der Waals surface area contributed by atoms with Crippen LogP contribution in [0.25, 0.3) is 0 Å². The molecule has 1 aliphatic rings. The van der Waals surface area contributed by atoms with Gasteiger partial charge in [0.15, 0.2) is 5.96 Å². The summed E-state index contributed by atoms with van der Waals surface area (Å²) in [6, 6.07) is 5.71. The van der Waals surface area contributed by atoms with Crippen molar-refractivity contribution in [3.8, 4) is 5.88 Å². The third-order valence-corrected chi connectivity index (χ3v) is 4.39. The smallest absolute Gasteiger partial charge is 0.246 e. The Morgan fingerprint density at radius 2 is 2.18 bits per heavy atom. The maximum Gasteiger partial charge on any atom is 0.246 e. The number of nitrogens with one attached hydrogen (secondary N) is 1. The van der Waals surface area contributed by atoms with Crippen LogP contribution >= 0.6 is 24.0 Å². The first-order valence-electron chi connectivity index (χ1n) is 8.85. The van der Waals surface area contributed by atoms with E-state index in [4.69, 9.17) is 4.74 Å². The number of aromatic nitrogens is 3. The maximum absolute atomic E-state index is 12.5. The van der Waals surface area contributed by atoms with Crippen LogP contribution in [0.15, 0.2) is 35.6 Å². The molecule has 9 nitrogen and oxygen atoms in total. The molecule has 1 amide bonds. The average molecular weight is 499 g/mol. The van der Waals surface area contributed by atoms with Crippen LogP contribution in [-0.4, -0.2) is 71.9 Å². The van der Waals surface area contributed by atoms with Crippen LogP contribution in [0.2, 0.25) is 0 Å². The zero-order valence-corrected chi connectivity index (χ0v) is 18.7. The van der Waals surface area contributed by atoms with Gasteiger partial charge < -0.3 is 19.9 Å². The van der Waals surface area contributed by atoms with Crippen molar-refractivity contribution in [1.82, 2.24) is 25.0 Å². The third-order valence-electron chi connectivity index (χ3n) is 4.39. The van der Waals surface area contributed by atoms with Crippen LogP contribution < -0.4 is 15.0 Å². The number of piperazine rings is 1. The highest BCUT2D eigenvalue weighted by molar-refractivity contribution is 14.0. The summed E-state index contributed by atoms with van der Waals surface area (Å²) in [5.41, 5.74) is 1.77. The number of aryl methyl sites for hydroxylation is 1. The number of hydrogen-bond donors (Lipinski definition) is 1. The molecule has 28 heavy (non-hydrogen) atoms. The molecular formula is C18H26IN7O2. The number of ether oxygens (including phenoxy) is 1. The summed E-state index contributed by atoms with van der Waals surface area (Å²) in [6.45, 7) is 2.26. The zero-order chi connectivity index (χ0) is 19.2. The summed E-state index contributed by atoms with van der Waals surface area (Å²) in [4.78, 5) is 25.0. The molecule has 0 aromatic carbocycles. The molecule has 0 aliphatic carbocycles. The molecule has 1 fully saturated rings. The van der Waals surface area contributed by atoms with Crippen molar-refractivity contribution in [3.63, 3.8) is 0 Å². The molecule has 10 heteroatoms. The van der Waals surface area contributed by atoms with E-state index in [0.29, 0.717) is 25.5 Å². The Morgan fingerprint density at radius 1 is 1.36 bits per heavy atom. The first-order chi connectivity index (χ1) is 13.1. The number of anilines is 1. The van der Waals surface area contributed by atoms with Gasteiger partial charge in [-0.1, -0.05) is 6.07 Å². The van der Waals surface area contributed by atoms with Gasteiger partial charge in [0, 0.05) is 58.1 Å². The van der Waals surface area contributed by atoms with Gasteiger partial charge in [-0.2, -0.15) is 5.10 Å². The van der Waals surface area contributed by atoms with Crippen LogP contribution in [-0.2, 0) is 18.3 Å². The number of carbonyl (C=O) groups is 1. The van der Waals surface area contributed by atoms with E-state index in [-0.39, 0.29) is 36.4 Å². The second-order valence-corrected chi connectivity index (χ2v) is 6.23. The van der Waals surface area contributed by atoms with Gasteiger partial charge >= 0.3 is 0 Å². The lowest BCUT2D eigenvalue weighted by molar-refractivity contribution is -0.120. The van der Waals surface area contributed by atoms with Gasteiger partial charge in [-0.05, 0) is 6.07 Å². The largest absolute Gasteiger partial charge is 0.481 e. The SMILES string of the molecule is CN=C(NCCc1cccc(OC)n1)N1CCN(c2cnn(C)c2)C(=O)C1.I. The quantitative estimate of drug-likeness (QED) is 0.374. The lowest BCUT2D eigenvalue weighted by Crippen LogP contribution is -2.55. The fourth-order valence-corrected chi connectivity index (χ4v) is 3.02. The monoisotopic (exact) mass is 499 g/mol. The van der Waals surface area contributed by atoms with Gasteiger partial charge in [0.05, 0.1) is 19.0 Å². The van der Waals surface area contributed by atoms with Crippen LogP contribution in [0, 0.1) is 0 Å². The fourth-order valence-electron chi connectivity index (χ4n) is 3.02. The van der Waals surface area contributed by atoms with Gasteiger partial charge in [-0.25, -0.2) is 4.98 Å². The minimum Gasteiger partial charge on any atom is -0.481 e. The molecule has 1 N–H and O–H groups in total. The van der Waals surface area contributed by atoms with Crippen molar-refractivity contribution in [1.29, 1.82) is 0 Å². The number of halogens is 1. The first-order valence-corrected chi connectivity index (χ1v) is 8.85. The molecule has 0 spiro atoms. The number of hydrogen-bond acceptors (Lipinski definition) is 5. The van der Waals surface area contributed by atoms with Crippen molar-refractivity contribution in [2.45, 2.75) is 6.42 Å². The highest BCUT2D eigenvalue weighted by Gasteiger charge is 2.27. The predicted octanol–water partition coefficient (Wildman–Crippen LogP) is 0.908. The number of amides is 1. The average Bonchev–Trinajstić information content (AvgIpc) is 3.11. The lowest BCUT2D eigenvalue weighted by Gasteiger charge is -2.35. The Hall–Kier alpha value is -2.37. The number of aliphatic imine (C=N–C) groups is 1. The van der Waals surface area contributed by atoms with Crippen LogP contribution in [0.5, 0.6) is 5.88 Å². The zero-order valence-electron chi connectivity index (χ0n) is 16.3. The number of pyridine rings is 1. The van der Waals surface area contributed by atoms with E-state index in [2.05, 4.69) is 20.4 Å². The van der Waals surface area contributed by atoms with Crippen LogP contribution in [0.4, 0.5) is 5.69 Å². The summed E-state index contributed by atoms with van der Waals surface area (Å²) in [5, 5.41) is 7.45. The molecule has 3 rings (SSSR count). The molecule has 2 aromatic rings. The molecule has 0 atom stereocenters. The second kappa shape index (κ2) is 10.2. The molecule has 0 radical (unpaired) electrons. The number of guanidine groups is 1. The summed E-state index contributed by atoms with van der Waals surface area (Å²) in [5.74, 6) is 1.36. The van der Waals surface area contributed by atoms with E-state index in [9.17, 15) is 4.79 Å². The summed E-state index contributed by atoms with van der Waals surface area (Å²) in [7, 11) is 5.17. The van der Waals surface area contributed by atoms with Gasteiger partial charge in [0.1, 0.15) is 6.54 Å². The normalized spacial score (nSPS) is 14.7. The van der Waals surface area contributed by atoms with E-state index >= 15 is 0 Å². The predicted molar refractivity (Wildman–Crippen MR) is 118 cm³/mol. The molecular weight excluding hydrogens is 473 g/mol. The summed E-state index contributed by atoms with van der Waals surface area (Å²) < 4.78 is 6.84. The van der Waals surface area contributed by atoms with E-state index < -0.39 is 0 Å². The molecule has 0 bridgehead atoms. The number of carbonyl (C=O) groups excluding carboxylic acids is 1. The molecule has 1 saturated heterocycles. The van der Waals surface area contributed by atoms with E-state index in [1.807, 2.05) is 36.3 Å². The number of nitrogens with zero attached hydrogens (tertiary/aromatic N) is 6. The van der Waals surface area contributed by atoms with Crippen LogP contribution in [0.1, 0.15) is 5.69 Å². The van der Waals surface area contributed by atoms with Gasteiger partial charge in [0.2, 0.25) is 11.8 Å². The van der Waals surface area contributed by atoms with Gasteiger partial charge in [-0.3, -0.25) is 14.5 Å². The van der Waals surface area contributed by atoms with Crippen molar-refractivity contribution >= 4 is 41.5 Å². The van der Waals surface area contributed by atoms with E-state index in [0.717, 1.165) is 23.8 Å². The highest BCUT2D eigenvalue weighted by atomic mass is 127. The van der Waals surface area contributed by atoms with Crippen molar-refractivity contribution in [2.75, 3.05) is 45.2 Å². The van der Waals surface area contributed by atoms with Crippen molar-refractivity contribution < 1.29 is 9.53 Å². The minimum atomic E-state index is 0. The Morgan fingerprint density at radius 3 is 2.82 bits per heavy atom.